The van der Waals surface area contributed by atoms with Crippen LogP contribution in [-0.2, 0) is 6.54 Å². The Morgan fingerprint density at radius 2 is 2.24 bits per heavy atom. The van der Waals surface area contributed by atoms with Gasteiger partial charge in [-0.2, -0.15) is 0 Å². The highest BCUT2D eigenvalue weighted by Crippen LogP contribution is 2.40. The van der Waals surface area contributed by atoms with E-state index in [2.05, 4.69) is 32.6 Å². The molecule has 1 aliphatic carbocycles. The van der Waals surface area contributed by atoms with E-state index in [1.807, 2.05) is 14.1 Å². The van der Waals surface area contributed by atoms with Crippen LogP contribution in [0.15, 0.2) is 18.3 Å². The van der Waals surface area contributed by atoms with Crippen molar-refractivity contribution in [1.82, 2.24) is 9.38 Å². The lowest BCUT2D eigenvalue weighted by molar-refractivity contribution is 0.903. The van der Waals surface area contributed by atoms with Crippen LogP contribution in [0.3, 0.4) is 0 Å². The summed E-state index contributed by atoms with van der Waals surface area (Å²) in [7, 11) is 4.10. The summed E-state index contributed by atoms with van der Waals surface area (Å²) < 4.78 is 2.20. The van der Waals surface area contributed by atoms with E-state index in [1.54, 1.807) is 0 Å². The molecule has 4 heteroatoms. The van der Waals surface area contributed by atoms with Crippen molar-refractivity contribution in [2.75, 3.05) is 19.0 Å². The molecule has 4 nitrogen and oxygen atoms in total. The number of nitrogens with two attached hydrogens (primary N) is 1. The van der Waals surface area contributed by atoms with Crippen LogP contribution >= 0.6 is 0 Å². The third-order valence-corrected chi connectivity index (χ3v) is 3.38. The molecule has 90 valence electrons. The van der Waals surface area contributed by atoms with Gasteiger partial charge in [-0.3, -0.25) is 0 Å². The molecule has 2 aromatic rings. The summed E-state index contributed by atoms with van der Waals surface area (Å²) in [6.07, 6.45) is 4.64. The van der Waals surface area contributed by atoms with Crippen LogP contribution in [0.5, 0.6) is 0 Å². The minimum atomic E-state index is 0.507. The first-order valence-corrected chi connectivity index (χ1v) is 6.09. The molecule has 1 saturated carbocycles. The Bertz CT molecular complexity index is 552. The molecular weight excluding hydrogens is 212 g/mol. The van der Waals surface area contributed by atoms with Gasteiger partial charge in [-0.1, -0.05) is 0 Å². The van der Waals surface area contributed by atoms with Crippen molar-refractivity contribution in [3.05, 3.63) is 29.8 Å². The number of hydrogen-bond acceptors (Lipinski definition) is 3. The van der Waals surface area contributed by atoms with E-state index in [1.165, 1.54) is 24.4 Å². The van der Waals surface area contributed by atoms with Crippen molar-refractivity contribution in [1.29, 1.82) is 0 Å². The summed E-state index contributed by atoms with van der Waals surface area (Å²) in [5.41, 5.74) is 9.14. The topological polar surface area (TPSA) is 46.6 Å². The molecule has 0 saturated heterocycles. The Kier molecular flexibility index (Phi) is 2.33. The fourth-order valence-corrected chi connectivity index (χ4v) is 2.22. The van der Waals surface area contributed by atoms with E-state index in [4.69, 9.17) is 5.73 Å². The minimum absolute atomic E-state index is 0.507. The fraction of sp³-hybridized carbons (Fsp3) is 0.462. The number of fused-ring (bicyclic) bond motifs is 1. The lowest BCUT2D eigenvalue weighted by Gasteiger charge is -2.12. The van der Waals surface area contributed by atoms with Gasteiger partial charge in [0.2, 0.25) is 0 Å². The van der Waals surface area contributed by atoms with E-state index in [0.29, 0.717) is 12.5 Å². The van der Waals surface area contributed by atoms with Crippen molar-refractivity contribution in [2.24, 2.45) is 5.73 Å². The van der Waals surface area contributed by atoms with Crippen LogP contribution < -0.4 is 10.6 Å². The molecule has 1 aliphatic rings. The van der Waals surface area contributed by atoms with Crippen LogP contribution in [0.4, 0.5) is 5.69 Å². The van der Waals surface area contributed by atoms with Gasteiger partial charge in [-0.15, -0.1) is 0 Å². The molecule has 0 amide bonds. The molecule has 0 bridgehead atoms. The van der Waals surface area contributed by atoms with Gasteiger partial charge < -0.3 is 15.0 Å². The molecule has 0 aromatic carbocycles. The number of anilines is 1. The summed E-state index contributed by atoms with van der Waals surface area (Å²) >= 11 is 0. The van der Waals surface area contributed by atoms with Crippen LogP contribution in [0.2, 0.25) is 0 Å². The molecule has 3 rings (SSSR count). The van der Waals surface area contributed by atoms with E-state index >= 15 is 0 Å². The molecule has 0 spiro atoms. The highest BCUT2D eigenvalue weighted by molar-refractivity contribution is 5.63. The van der Waals surface area contributed by atoms with Crippen LogP contribution in [0.25, 0.3) is 5.52 Å². The molecule has 2 N–H and O–H groups in total. The zero-order valence-electron chi connectivity index (χ0n) is 10.3. The van der Waals surface area contributed by atoms with Gasteiger partial charge in [0, 0.05) is 38.4 Å². The number of nitrogens with zero attached hydrogens (tertiary/aromatic N) is 3. The zero-order valence-corrected chi connectivity index (χ0v) is 10.3. The van der Waals surface area contributed by atoms with E-state index in [0.717, 1.165) is 11.2 Å². The smallest absolute Gasteiger partial charge is 0.116 e. The maximum Gasteiger partial charge on any atom is 0.116 e. The quantitative estimate of drug-likeness (QED) is 0.873. The average molecular weight is 230 g/mol. The molecule has 1 fully saturated rings. The largest absolute Gasteiger partial charge is 0.378 e. The van der Waals surface area contributed by atoms with Crippen molar-refractivity contribution in [3.63, 3.8) is 0 Å². The van der Waals surface area contributed by atoms with Gasteiger partial charge in [0.25, 0.3) is 0 Å². The predicted molar refractivity (Wildman–Crippen MR) is 69.4 cm³/mol. The Balaban J connectivity index is 2.20. The first-order chi connectivity index (χ1) is 8.20. The van der Waals surface area contributed by atoms with Gasteiger partial charge >= 0.3 is 0 Å². The summed E-state index contributed by atoms with van der Waals surface area (Å²) in [5.74, 6) is 1.83. The zero-order chi connectivity index (χ0) is 12.0. The van der Waals surface area contributed by atoms with Gasteiger partial charge in [-0.25, -0.2) is 4.98 Å². The molecule has 2 aromatic heterocycles. The summed E-state index contributed by atoms with van der Waals surface area (Å²) in [5, 5.41) is 0. The summed E-state index contributed by atoms with van der Waals surface area (Å²) in [6.45, 7) is 0.507. The molecule has 0 unspecified atom stereocenters. The first kappa shape index (κ1) is 10.6. The predicted octanol–water partition coefficient (Wildman–Crippen LogP) is 1.74. The fourth-order valence-electron chi connectivity index (χ4n) is 2.22. The lowest BCUT2D eigenvalue weighted by Crippen LogP contribution is -2.09. The maximum absolute atomic E-state index is 5.79. The standard InChI is InChI=1S/C13H18N4/c1-16(2)10-5-6-17-12(7-10)11(8-14)15-13(17)9-3-4-9/h5-7,9H,3-4,8,14H2,1-2H3. The highest BCUT2D eigenvalue weighted by Gasteiger charge is 2.29. The average Bonchev–Trinajstić information content (AvgIpc) is 3.10. The van der Waals surface area contributed by atoms with Crippen LogP contribution in [0, 0.1) is 0 Å². The number of imidazole rings is 1. The molecule has 0 radical (unpaired) electrons. The normalized spacial score (nSPS) is 15.5. The van der Waals surface area contributed by atoms with Gasteiger partial charge in [0.15, 0.2) is 0 Å². The van der Waals surface area contributed by atoms with Crippen molar-refractivity contribution in [2.45, 2.75) is 25.3 Å². The van der Waals surface area contributed by atoms with Crippen LogP contribution in [0.1, 0.15) is 30.3 Å². The van der Waals surface area contributed by atoms with E-state index < -0.39 is 0 Å². The Morgan fingerprint density at radius 1 is 1.47 bits per heavy atom. The lowest BCUT2D eigenvalue weighted by atomic mass is 10.3. The SMILES string of the molecule is CN(C)c1ccn2c(C3CC3)nc(CN)c2c1. The molecule has 0 aliphatic heterocycles. The number of hydrogen-bond donors (Lipinski definition) is 1. The van der Waals surface area contributed by atoms with Gasteiger partial charge in [-0.05, 0) is 25.0 Å². The second-order valence-electron chi connectivity index (χ2n) is 4.93. The second kappa shape index (κ2) is 3.74. The van der Waals surface area contributed by atoms with Crippen molar-refractivity contribution >= 4 is 11.2 Å². The summed E-state index contributed by atoms with van der Waals surface area (Å²) in [6, 6.07) is 4.29. The Morgan fingerprint density at radius 3 is 2.82 bits per heavy atom. The van der Waals surface area contributed by atoms with Gasteiger partial charge in [0.1, 0.15) is 5.82 Å². The van der Waals surface area contributed by atoms with Crippen LogP contribution in [-0.4, -0.2) is 23.5 Å². The van der Waals surface area contributed by atoms with Gasteiger partial charge in [0.05, 0.1) is 11.2 Å². The first-order valence-electron chi connectivity index (χ1n) is 6.09. The number of pyridine rings is 1. The third kappa shape index (κ3) is 1.69. The molecule has 0 atom stereocenters. The Labute approximate surface area is 101 Å². The Hall–Kier alpha value is -1.55. The van der Waals surface area contributed by atoms with Crippen molar-refractivity contribution < 1.29 is 0 Å². The second-order valence-corrected chi connectivity index (χ2v) is 4.93. The summed E-state index contributed by atoms with van der Waals surface area (Å²) in [4.78, 5) is 6.79. The monoisotopic (exact) mass is 230 g/mol. The molecular formula is C13H18N4. The third-order valence-electron chi connectivity index (χ3n) is 3.38. The molecule has 17 heavy (non-hydrogen) atoms. The maximum atomic E-state index is 5.79. The highest BCUT2D eigenvalue weighted by atomic mass is 15.1. The molecule has 2 heterocycles. The van der Waals surface area contributed by atoms with E-state index in [-0.39, 0.29) is 0 Å². The number of aromatic nitrogens is 2. The van der Waals surface area contributed by atoms with Crippen molar-refractivity contribution in [3.8, 4) is 0 Å². The minimum Gasteiger partial charge on any atom is -0.378 e. The van der Waals surface area contributed by atoms with E-state index in [9.17, 15) is 0 Å². The number of rotatable bonds is 3.